The van der Waals surface area contributed by atoms with Crippen LogP contribution in [0, 0.1) is 5.92 Å². The molecule has 0 aromatic rings. The zero-order valence-corrected chi connectivity index (χ0v) is 13.1. The van der Waals surface area contributed by atoms with Crippen LogP contribution in [-0.2, 0) is 9.53 Å². The summed E-state index contributed by atoms with van der Waals surface area (Å²) in [7, 11) is 0. The zero-order chi connectivity index (χ0) is 14.0. The predicted octanol–water partition coefficient (Wildman–Crippen LogP) is 4.54. The monoisotopic (exact) mass is 294 g/mol. The van der Waals surface area contributed by atoms with Crippen molar-refractivity contribution in [2.24, 2.45) is 5.92 Å². The second-order valence-corrected chi connectivity index (χ2v) is 6.07. The third-order valence-electron chi connectivity index (χ3n) is 2.33. The van der Waals surface area contributed by atoms with Crippen LogP contribution in [0.3, 0.4) is 0 Å². The van der Waals surface area contributed by atoms with Crippen molar-refractivity contribution < 1.29 is 9.53 Å². The molecule has 0 amide bonds. The van der Waals surface area contributed by atoms with E-state index in [4.69, 9.17) is 27.9 Å². The molecule has 0 saturated heterocycles. The number of halogens is 2. The first-order valence-electron chi connectivity index (χ1n) is 6.42. The molecule has 0 aromatic carbocycles. The summed E-state index contributed by atoms with van der Waals surface area (Å²) in [5, 5.41) is 0. The number of ether oxygens (including phenoxy) is 1. The maximum Gasteiger partial charge on any atom is 0.330 e. The van der Waals surface area contributed by atoms with Gasteiger partial charge in [0, 0.05) is 17.8 Å². The van der Waals surface area contributed by atoms with Crippen LogP contribution in [0.2, 0.25) is 0 Å². The molecule has 0 aliphatic rings. The normalized spacial score (nSPS) is 12.3. The molecule has 106 valence electrons. The topological polar surface area (TPSA) is 26.3 Å². The van der Waals surface area contributed by atoms with E-state index in [1.54, 1.807) is 0 Å². The molecule has 0 fully saturated rings. The second kappa shape index (κ2) is 9.69. The quantitative estimate of drug-likeness (QED) is 0.373. The van der Waals surface area contributed by atoms with Crippen molar-refractivity contribution in [1.29, 1.82) is 0 Å². The summed E-state index contributed by atoms with van der Waals surface area (Å²) >= 11 is 11.4. The molecule has 0 unspecified atom stereocenters. The number of hydrogen-bond donors (Lipinski definition) is 0. The van der Waals surface area contributed by atoms with Gasteiger partial charge in [-0.15, -0.1) is 23.2 Å². The predicted molar refractivity (Wildman–Crippen MR) is 78.4 cm³/mol. The van der Waals surface area contributed by atoms with Crippen molar-refractivity contribution in [1.82, 2.24) is 0 Å². The van der Waals surface area contributed by atoms with Gasteiger partial charge in [-0.3, -0.25) is 0 Å². The average Bonchev–Trinajstić information content (AvgIpc) is 2.25. The lowest BCUT2D eigenvalue weighted by Gasteiger charge is -2.18. The summed E-state index contributed by atoms with van der Waals surface area (Å²) in [6, 6.07) is 0. The highest BCUT2D eigenvalue weighted by Crippen LogP contribution is 2.17. The highest BCUT2D eigenvalue weighted by molar-refractivity contribution is 6.18. The first-order chi connectivity index (χ1) is 8.39. The van der Waals surface area contributed by atoms with Crippen LogP contribution in [0.25, 0.3) is 0 Å². The molecule has 0 rings (SSSR count). The van der Waals surface area contributed by atoms with Crippen molar-refractivity contribution in [3.63, 3.8) is 0 Å². The van der Waals surface area contributed by atoms with Crippen LogP contribution in [0.4, 0.5) is 0 Å². The van der Waals surface area contributed by atoms with E-state index in [-0.39, 0.29) is 5.97 Å². The Hall–Kier alpha value is -0.210. The van der Waals surface area contributed by atoms with E-state index in [1.165, 1.54) is 6.08 Å². The molecule has 18 heavy (non-hydrogen) atoms. The molecule has 0 bridgehead atoms. The van der Waals surface area contributed by atoms with E-state index < -0.39 is 5.60 Å². The Bertz CT molecular complexity index is 249. The highest BCUT2D eigenvalue weighted by Gasteiger charge is 2.14. The number of carbonyl (C=O) groups excluding carboxylic acids is 1. The van der Waals surface area contributed by atoms with Crippen molar-refractivity contribution in [2.75, 3.05) is 11.8 Å². The molecule has 0 spiro atoms. The summed E-state index contributed by atoms with van der Waals surface area (Å²) in [4.78, 5) is 11.5. The fraction of sp³-hybridized carbons (Fsp3) is 0.786. The van der Waals surface area contributed by atoms with E-state index in [2.05, 4.69) is 0 Å². The van der Waals surface area contributed by atoms with Crippen LogP contribution in [0.1, 0.15) is 46.5 Å². The van der Waals surface area contributed by atoms with Gasteiger partial charge in [-0.25, -0.2) is 4.79 Å². The van der Waals surface area contributed by atoms with Crippen molar-refractivity contribution in [2.45, 2.75) is 52.1 Å². The van der Waals surface area contributed by atoms with Gasteiger partial charge in [-0.2, -0.15) is 0 Å². The third-order valence-corrected chi connectivity index (χ3v) is 2.86. The first-order valence-corrected chi connectivity index (χ1v) is 7.49. The van der Waals surface area contributed by atoms with Crippen LogP contribution >= 0.6 is 23.2 Å². The third kappa shape index (κ3) is 10.9. The van der Waals surface area contributed by atoms with Gasteiger partial charge in [-0.05, 0) is 52.4 Å². The minimum Gasteiger partial charge on any atom is -0.457 e. The smallest absolute Gasteiger partial charge is 0.330 e. The molecule has 0 atom stereocenters. The van der Waals surface area contributed by atoms with Crippen LogP contribution < -0.4 is 0 Å². The van der Waals surface area contributed by atoms with E-state index >= 15 is 0 Å². The van der Waals surface area contributed by atoms with Gasteiger partial charge in [0.25, 0.3) is 0 Å². The van der Waals surface area contributed by atoms with Gasteiger partial charge in [-0.1, -0.05) is 6.08 Å². The highest BCUT2D eigenvalue weighted by atomic mass is 35.5. The molecular weight excluding hydrogens is 271 g/mol. The van der Waals surface area contributed by atoms with Gasteiger partial charge < -0.3 is 4.74 Å². The summed E-state index contributed by atoms with van der Waals surface area (Å²) < 4.78 is 5.22. The van der Waals surface area contributed by atoms with Gasteiger partial charge in [0.15, 0.2) is 0 Å². The Morgan fingerprint density at radius 2 is 1.67 bits per heavy atom. The average molecular weight is 295 g/mol. The summed E-state index contributed by atoms with van der Waals surface area (Å²) in [5.74, 6) is 1.37. The lowest BCUT2D eigenvalue weighted by atomic mass is 9.98. The van der Waals surface area contributed by atoms with Crippen molar-refractivity contribution >= 4 is 29.2 Å². The molecule has 0 aromatic heterocycles. The largest absolute Gasteiger partial charge is 0.457 e. The number of alkyl halides is 2. The lowest BCUT2D eigenvalue weighted by molar-refractivity contribution is -0.148. The summed E-state index contributed by atoms with van der Waals surface area (Å²) in [6.07, 6.45) is 7.32. The molecule has 0 saturated carbocycles. The minimum absolute atomic E-state index is 0.288. The standard InChI is InChI=1S/C14H24Cl2O2/c1-14(2,3)18-13(17)9-8-12(6-4-10-15)7-5-11-16/h8-9,12H,4-7,10-11H2,1-3H3/b9-8-. The Labute approximate surface area is 121 Å². The van der Waals surface area contributed by atoms with Gasteiger partial charge in [0.05, 0.1) is 0 Å². The Kier molecular flexibility index (Phi) is 9.57. The summed E-state index contributed by atoms with van der Waals surface area (Å²) in [5.41, 5.74) is -0.441. The molecular formula is C14H24Cl2O2. The Morgan fingerprint density at radius 1 is 1.17 bits per heavy atom. The van der Waals surface area contributed by atoms with Crippen LogP contribution in [0.15, 0.2) is 12.2 Å². The molecule has 4 heteroatoms. The molecule has 2 nitrogen and oxygen atoms in total. The van der Waals surface area contributed by atoms with Crippen molar-refractivity contribution in [3.05, 3.63) is 12.2 Å². The SMILES string of the molecule is CC(C)(C)OC(=O)/C=C\C(CCCCl)CCCCl. The van der Waals surface area contributed by atoms with Crippen LogP contribution in [0.5, 0.6) is 0 Å². The zero-order valence-electron chi connectivity index (χ0n) is 11.5. The van der Waals surface area contributed by atoms with Gasteiger partial charge in [0.1, 0.15) is 5.60 Å². The Balaban J connectivity index is 4.22. The number of allylic oxidation sites excluding steroid dienone is 1. The number of esters is 1. The number of carbonyl (C=O) groups is 1. The maximum absolute atomic E-state index is 11.5. The van der Waals surface area contributed by atoms with E-state index in [0.29, 0.717) is 17.7 Å². The summed E-state index contributed by atoms with van der Waals surface area (Å²) in [6.45, 7) is 5.58. The second-order valence-electron chi connectivity index (χ2n) is 5.32. The first kappa shape index (κ1) is 17.8. The van der Waals surface area contributed by atoms with E-state index in [0.717, 1.165) is 25.7 Å². The van der Waals surface area contributed by atoms with E-state index in [1.807, 2.05) is 26.8 Å². The molecule has 0 aliphatic heterocycles. The lowest BCUT2D eigenvalue weighted by Crippen LogP contribution is -2.22. The van der Waals surface area contributed by atoms with Crippen LogP contribution in [-0.4, -0.2) is 23.3 Å². The number of hydrogen-bond acceptors (Lipinski definition) is 2. The molecule has 0 radical (unpaired) electrons. The Morgan fingerprint density at radius 3 is 2.06 bits per heavy atom. The molecule has 0 aliphatic carbocycles. The fourth-order valence-corrected chi connectivity index (χ4v) is 1.87. The number of rotatable bonds is 8. The van der Waals surface area contributed by atoms with Gasteiger partial charge >= 0.3 is 5.97 Å². The minimum atomic E-state index is -0.441. The fourth-order valence-electron chi connectivity index (χ4n) is 1.57. The van der Waals surface area contributed by atoms with Crippen molar-refractivity contribution in [3.8, 4) is 0 Å². The maximum atomic E-state index is 11.5. The van der Waals surface area contributed by atoms with E-state index in [9.17, 15) is 4.79 Å². The molecule has 0 heterocycles. The molecule has 0 N–H and O–H groups in total. The van der Waals surface area contributed by atoms with Gasteiger partial charge in [0.2, 0.25) is 0 Å².